The zero-order chi connectivity index (χ0) is 26.7. The minimum Gasteiger partial charge on any atom is -0.449 e. The van der Waals surface area contributed by atoms with E-state index in [0.29, 0.717) is 29.4 Å². The molecule has 192 valence electrons. The molecule has 1 aliphatic carbocycles. The predicted octanol–water partition coefficient (Wildman–Crippen LogP) is 5.41. The second-order valence-electron chi connectivity index (χ2n) is 10.3. The molecule has 3 aromatic rings. The minimum absolute atomic E-state index is 0.0786. The van der Waals surface area contributed by atoms with Gasteiger partial charge in [-0.1, -0.05) is 63.2 Å². The predicted molar refractivity (Wildman–Crippen MR) is 145 cm³/mol. The molecule has 1 heterocycles. The quantitative estimate of drug-likeness (QED) is 0.458. The van der Waals surface area contributed by atoms with Crippen molar-refractivity contribution >= 4 is 40.5 Å². The van der Waals surface area contributed by atoms with Gasteiger partial charge in [-0.25, -0.2) is 14.6 Å². The fourth-order valence-corrected chi connectivity index (χ4v) is 4.48. The number of rotatable bonds is 5. The Balaban J connectivity index is 1.67. The molecule has 0 bridgehead atoms. The van der Waals surface area contributed by atoms with Gasteiger partial charge < -0.3 is 10.1 Å². The minimum atomic E-state index is -1.14. The van der Waals surface area contributed by atoms with Crippen molar-refractivity contribution < 1.29 is 19.1 Å². The number of imide groups is 1. The highest BCUT2D eigenvalue weighted by atomic mass is 16.5. The van der Waals surface area contributed by atoms with E-state index in [1.807, 2.05) is 24.3 Å². The largest absolute Gasteiger partial charge is 0.449 e. The molecule has 7 nitrogen and oxygen atoms in total. The number of nitrogens with one attached hydrogen (secondary N) is 2. The Kier molecular flexibility index (Phi) is 7.43. The van der Waals surface area contributed by atoms with Crippen LogP contribution in [0, 0.1) is 0 Å². The van der Waals surface area contributed by atoms with Gasteiger partial charge in [0.25, 0.3) is 5.91 Å². The number of esters is 1. The maximum atomic E-state index is 13.4. The molecule has 1 atom stereocenters. The molecule has 1 aromatic heterocycles. The Hall–Kier alpha value is -4.00. The van der Waals surface area contributed by atoms with E-state index in [1.165, 1.54) is 12.5 Å². The molecule has 0 fully saturated rings. The Bertz CT molecular complexity index is 1380. The fraction of sp³-hybridized carbons (Fsp3) is 0.333. The lowest BCUT2D eigenvalue weighted by Crippen LogP contribution is -2.44. The Labute approximate surface area is 217 Å². The molecule has 2 aromatic carbocycles. The smallest absolute Gasteiger partial charge is 0.339 e. The van der Waals surface area contributed by atoms with Gasteiger partial charge in [0.15, 0.2) is 6.10 Å². The number of carbonyl (C=O) groups is 3. The molecule has 0 spiro atoms. The number of hydrogen-bond donors (Lipinski definition) is 2. The topological polar surface area (TPSA) is 97.4 Å². The van der Waals surface area contributed by atoms with E-state index in [1.54, 1.807) is 6.92 Å². The van der Waals surface area contributed by atoms with E-state index < -0.39 is 24.0 Å². The standard InChI is InChI=1S/C30H33N3O4/c1-6-31-29(36)33-27(34)18(2)37-28(35)25-22-9-7-8-10-24(22)32-26-20(13-16-23(25)26)17-19-11-14-21(15-12-19)30(3,4)5/h7-12,14-15,17-18H,6,13,16H2,1-5H3,(H2,31,33,34,36)/b20-17+/t18-/m1/s1. The Morgan fingerprint density at radius 1 is 1.05 bits per heavy atom. The normalized spacial score (nSPS) is 14.8. The molecule has 0 radical (unpaired) electrons. The van der Waals surface area contributed by atoms with Crippen molar-refractivity contribution in [3.63, 3.8) is 0 Å². The van der Waals surface area contributed by atoms with Crippen LogP contribution in [0.5, 0.6) is 0 Å². The van der Waals surface area contributed by atoms with Crippen LogP contribution in [0.15, 0.2) is 48.5 Å². The molecule has 1 aliphatic rings. The van der Waals surface area contributed by atoms with Crippen LogP contribution in [0.3, 0.4) is 0 Å². The number of carbonyl (C=O) groups excluding carboxylic acids is 3. The average molecular weight is 500 g/mol. The van der Waals surface area contributed by atoms with Crippen molar-refractivity contribution in [2.75, 3.05) is 6.54 Å². The summed E-state index contributed by atoms with van der Waals surface area (Å²) in [6.07, 6.45) is 2.36. The first-order valence-electron chi connectivity index (χ1n) is 12.6. The first-order chi connectivity index (χ1) is 17.6. The molecule has 37 heavy (non-hydrogen) atoms. The van der Waals surface area contributed by atoms with E-state index in [4.69, 9.17) is 9.72 Å². The van der Waals surface area contributed by atoms with Crippen LogP contribution < -0.4 is 10.6 Å². The number of pyridine rings is 1. The number of ether oxygens (including phenoxy) is 1. The Morgan fingerprint density at radius 3 is 2.43 bits per heavy atom. The number of nitrogens with zero attached hydrogens (tertiary/aromatic N) is 1. The number of aromatic nitrogens is 1. The van der Waals surface area contributed by atoms with Gasteiger partial charge in [0, 0.05) is 11.9 Å². The van der Waals surface area contributed by atoms with Gasteiger partial charge in [0.05, 0.1) is 16.8 Å². The highest BCUT2D eigenvalue weighted by Gasteiger charge is 2.29. The van der Waals surface area contributed by atoms with Gasteiger partial charge in [-0.2, -0.15) is 0 Å². The molecule has 0 aliphatic heterocycles. The zero-order valence-electron chi connectivity index (χ0n) is 22.0. The van der Waals surface area contributed by atoms with E-state index in [0.717, 1.165) is 28.8 Å². The van der Waals surface area contributed by atoms with Gasteiger partial charge in [-0.3, -0.25) is 10.1 Å². The molecule has 7 heteroatoms. The van der Waals surface area contributed by atoms with Crippen LogP contribution in [0.1, 0.15) is 73.8 Å². The van der Waals surface area contributed by atoms with Gasteiger partial charge in [0.1, 0.15) is 0 Å². The third kappa shape index (κ3) is 5.71. The van der Waals surface area contributed by atoms with E-state index in [9.17, 15) is 14.4 Å². The molecule has 0 unspecified atom stereocenters. The van der Waals surface area contributed by atoms with Crippen molar-refractivity contribution in [1.82, 2.24) is 15.6 Å². The molecular weight excluding hydrogens is 466 g/mol. The summed E-state index contributed by atoms with van der Waals surface area (Å²) in [5, 5.41) is 5.35. The molecule has 2 N–H and O–H groups in total. The van der Waals surface area contributed by atoms with Crippen LogP contribution in [0.2, 0.25) is 0 Å². The summed E-state index contributed by atoms with van der Waals surface area (Å²) in [7, 11) is 0. The van der Waals surface area contributed by atoms with E-state index >= 15 is 0 Å². The van der Waals surface area contributed by atoms with Crippen molar-refractivity contribution in [1.29, 1.82) is 0 Å². The first kappa shape index (κ1) is 26.1. The zero-order valence-corrected chi connectivity index (χ0v) is 22.0. The van der Waals surface area contributed by atoms with Crippen LogP contribution >= 0.6 is 0 Å². The van der Waals surface area contributed by atoms with Crippen LogP contribution in [-0.2, 0) is 21.4 Å². The third-order valence-corrected chi connectivity index (χ3v) is 6.49. The number of fused-ring (bicyclic) bond motifs is 2. The monoisotopic (exact) mass is 499 g/mol. The number of amides is 3. The van der Waals surface area contributed by atoms with Gasteiger partial charge >= 0.3 is 12.0 Å². The summed E-state index contributed by atoms with van der Waals surface area (Å²) in [5.74, 6) is -1.29. The molecule has 0 saturated heterocycles. The van der Waals surface area contributed by atoms with Gasteiger partial charge in [-0.05, 0) is 66.5 Å². The van der Waals surface area contributed by atoms with Crippen LogP contribution in [0.25, 0.3) is 22.6 Å². The van der Waals surface area contributed by atoms with Gasteiger partial charge in [0.2, 0.25) is 0 Å². The first-order valence-corrected chi connectivity index (χ1v) is 12.6. The van der Waals surface area contributed by atoms with Crippen molar-refractivity contribution in [2.45, 2.75) is 59.0 Å². The lowest BCUT2D eigenvalue weighted by Gasteiger charge is -2.18. The highest BCUT2D eigenvalue weighted by molar-refractivity contribution is 6.08. The van der Waals surface area contributed by atoms with Crippen molar-refractivity contribution in [3.8, 4) is 0 Å². The maximum absolute atomic E-state index is 13.4. The summed E-state index contributed by atoms with van der Waals surface area (Å²) < 4.78 is 5.53. The number of urea groups is 1. The van der Waals surface area contributed by atoms with Crippen LogP contribution in [-0.4, -0.2) is 35.5 Å². The molecule has 4 rings (SSSR count). The maximum Gasteiger partial charge on any atom is 0.339 e. The lowest BCUT2D eigenvalue weighted by atomic mass is 9.86. The summed E-state index contributed by atoms with van der Waals surface area (Å²) in [5.41, 5.74) is 6.18. The highest BCUT2D eigenvalue weighted by Crippen LogP contribution is 2.38. The third-order valence-electron chi connectivity index (χ3n) is 6.49. The van der Waals surface area contributed by atoms with E-state index in [2.05, 4.69) is 61.7 Å². The number of hydrogen-bond acceptors (Lipinski definition) is 5. The Morgan fingerprint density at radius 2 is 1.76 bits per heavy atom. The molecule has 3 amide bonds. The summed E-state index contributed by atoms with van der Waals surface area (Å²) in [6, 6.07) is 15.3. The summed E-state index contributed by atoms with van der Waals surface area (Å²) >= 11 is 0. The van der Waals surface area contributed by atoms with Gasteiger partial charge in [-0.15, -0.1) is 0 Å². The van der Waals surface area contributed by atoms with Crippen molar-refractivity contribution in [2.24, 2.45) is 0 Å². The average Bonchev–Trinajstić information content (AvgIpc) is 3.24. The second-order valence-corrected chi connectivity index (χ2v) is 10.3. The van der Waals surface area contributed by atoms with Crippen LogP contribution in [0.4, 0.5) is 4.79 Å². The SMILES string of the molecule is CCNC(=O)NC(=O)[C@@H](C)OC(=O)c1c2c(nc3ccccc13)/C(=C/c1ccc(C(C)(C)C)cc1)CC2. The lowest BCUT2D eigenvalue weighted by molar-refractivity contribution is -0.127. The van der Waals surface area contributed by atoms with E-state index in [-0.39, 0.29) is 5.41 Å². The fourth-order valence-electron chi connectivity index (χ4n) is 4.48. The number of benzene rings is 2. The number of allylic oxidation sites excluding steroid dienone is 1. The number of para-hydroxylation sites is 1. The summed E-state index contributed by atoms with van der Waals surface area (Å²) in [4.78, 5) is 42.4. The second kappa shape index (κ2) is 10.5. The molecule has 0 saturated carbocycles. The van der Waals surface area contributed by atoms with Crippen molar-refractivity contribution in [3.05, 3.63) is 76.5 Å². The molecular formula is C30H33N3O4. The summed E-state index contributed by atoms with van der Waals surface area (Å²) in [6.45, 7) is 10.1.